The fraction of sp³-hybridized carbons (Fsp3) is 0.364. The molecule has 0 aliphatic rings. The third-order valence-electron chi connectivity index (χ3n) is 4.35. The van der Waals surface area contributed by atoms with E-state index < -0.39 is 0 Å². The monoisotopic (exact) mass is 346 g/mol. The van der Waals surface area contributed by atoms with E-state index in [4.69, 9.17) is 0 Å². The van der Waals surface area contributed by atoms with Crippen molar-refractivity contribution in [3.8, 4) is 0 Å². The van der Waals surface area contributed by atoms with Gasteiger partial charge in [-0.15, -0.1) is 0 Å². The molecule has 0 bridgehead atoms. The molecule has 136 valence electrons. The number of hydrogen-bond acceptors (Lipinski definition) is 1. The molecule has 3 heteroatoms. The number of allylic oxidation sites excluding steroid dienone is 7. The van der Waals surface area contributed by atoms with Crippen molar-refractivity contribution in [1.29, 1.82) is 0 Å². The van der Waals surface area contributed by atoms with Crippen molar-refractivity contribution >= 4 is 5.57 Å². The molecule has 1 rings (SSSR count). The van der Waals surface area contributed by atoms with E-state index in [2.05, 4.69) is 6.58 Å². The summed E-state index contributed by atoms with van der Waals surface area (Å²) in [6, 6.07) is 5.78. The Labute approximate surface area is 150 Å². The van der Waals surface area contributed by atoms with Crippen LogP contribution in [0.5, 0.6) is 0 Å². The van der Waals surface area contributed by atoms with E-state index in [1.807, 2.05) is 26.8 Å². The minimum atomic E-state index is -0.363. The van der Waals surface area contributed by atoms with Gasteiger partial charge in [-0.2, -0.15) is 0 Å². The van der Waals surface area contributed by atoms with Crippen molar-refractivity contribution in [2.45, 2.75) is 40.5 Å². The predicted octanol–water partition coefficient (Wildman–Crippen LogP) is 6.38. The van der Waals surface area contributed by atoms with Crippen molar-refractivity contribution in [2.75, 3.05) is 6.61 Å². The van der Waals surface area contributed by atoms with Crippen molar-refractivity contribution in [3.05, 3.63) is 76.9 Å². The molecule has 25 heavy (non-hydrogen) atoms. The first-order chi connectivity index (χ1) is 11.8. The molecule has 1 aromatic rings. The molecule has 1 aromatic carbocycles. The number of aliphatic hydroxyl groups is 1. The molecular formula is C22H28F2O. The lowest BCUT2D eigenvalue weighted by atomic mass is 9.92. The summed E-state index contributed by atoms with van der Waals surface area (Å²) in [5.41, 5.74) is 3.54. The topological polar surface area (TPSA) is 20.2 Å². The molecule has 0 spiro atoms. The molecular weight excluding hydrogens is 318 g/mol. The molecule has 0 amide bonds. The number of halogens is 2. The lowest BCUT2D eigenvalue weighted by molar-refractivity contribution is 0.222. The van der Waals surface area contributed by atoms with Gasteiger partial charge >= 0.3 is 0 Å². The second-order valence-electron chi connectivity index (χ2n) is 6.32. The van der Waals surface area contributed by atoms with E-state index >= 15 is 0 Å². The van der Waals surface area contributed by atoms with Gasteiger partial charge in [0.15, 0.2) is 0 Å². The van der Waals surface area contributed by atoms with Crippen LogP contribution in [0.25, 0.3) is 5.57 Å². The van der Waals surface area contributed by atoms with Gasteiger partial charge < -0.3 is 5.11 Å². The van der Waals surface area contributed by atoms with Gasteiger partial charge in [-0.1, -0.05) is 49.8 Å². The Morgan fingerprint density at radius 1 is 1.24 bits per heavy atom. The highest BCUT2D eigenvalue weighted by molar-refractivity contribution is 5.82. The van der Waals surface area contributed by atoms with E-state index in [0.29, 0.717) is 22.3 Å². The quantitative estimate of drug-likeness (QED) is 0.541. The largest absolute Gasteiger partial charge is 0.396 e. The number of rotatable bonds is 8. The van der Waals surface area contributed by atoms with Gasteiger partial charge in [0.2, 0.25) is 0 Å². The highest BCUT2D eigenvalue weighted by atomic mass is 19.1. The molecule has 0 saturated heterocycles. The van der Waals surface area contributed by atoms with Crippen LogP contribution < -0.4 is 0 Å². The van der Waals surface area contributed by atoms with Crippen LogP contribution >= 0.6 is 0 Å². The molecule has 0 saturated carbocycles. The van der Waals surface area contributed by atoms with Crippen LogP contribution in [-0.2, 0) is 0 Å². The van der Waals surface area contributed by atoms with Gasteiger partial charge in [0.05, 0.1) is 0 Å². The lowest BCUT2D eigenvalue weighted by Gasteiger charge is -2.14. The zero-order chi connectivity index (χ0) is 19.0. The summed E-state index contributed by atoms with van der Waals surface area (Å²) in [7, 11) is 0. The lowest BCUT2D eigenvalue weighted by Crippen LogP contribution is -2.05. The fourth-order valence-electron chi connectivity index (χ4n) is 2.71. The number of benzene rings is 1. The summed E-state index contributed by atoms with van der Waals surface area (Å²) in [6.07, 6.45) is 5.00. The number of aliphatic hydroxyl groups excluding tert-OH is 1. The van der Waals surface area contributed by atoms with Crippen LogP contribution in [0, 0.1) is 11.7 Å². The van der Waals surface area contributed by atoms with Crippen LogP contribution in [0.3, 0.4) is 0 Å². The smallest absolute Gasteiger partial charge is 0.127 e. The molecule has 0 aromatic heterocycles. The van der Waals surface area contributed by atoms with E-state index in [0.717, 1.165) is 18.4 Å². The van der Waals surface area contributed by atoms with Crippen molar-refractivity contribution < 1.29 is 13.9 Å². The van der Waals surface area contributed by atoms with Gasteiger partial charge in [-0.05, 0) is 62.0 Å². The minimum absolute atomic E-state index is 0.150. The molecule has 0 aliphatic carbocycles. The zero-order valence-electron chi connectivity index (χ0n) is 15.6. The van der Waals surface area contributed by atoms with Crippen LogP contribution in [0.2, 0.25) is 0 Å². The van der Waals surface area contributed by atoms with Crippen LogP contribution in [0.1, 0.15) is 46.1 Å². The first-order valence-corrected chi connectivity index (χ1v) is 8.60. The molecule has 0 aliphatic heterocycles. The average molecular weight is 346 g/mol. The van der Waals surface area contributed by atoms with Gasteiger partial charge in [-0.3, -0.25) is 0 Å². The van der Waals surface area contributed by atoms with Crippen molar-refractivity contribution in [1.82, 2.24) is 0 Å². The highest BCUT2D eigenvalue weighted by Gasteiger charge is 2.13. The third kappa shape index (κ3) is 6.09. The normalized spacial score (nSPS) is 15.0. The van der Waals surface area contributed by atoms with Crippen LogP contribution in [0.15, 0.2) is 65.5 Å². The molecule has 0 heterocycles. The van der Waals surface area contributed by atoms with Crippen LogP contribution in [0.4, 0.5) is 8.78 Å². The summed E-state index contributed by atoms with van der Waals surface area (Å²) in [4.78, 5) is 0. The predicted molar refractivity (Wildman–Crippen MR) is 102 cm³/mol. The zero-order valence-corrected chi connectivity index (χ0v) is 15.6. The Kier molecular flexibility index (Phi) is 8.50. The standard InChI is InChI=1S/C22H28F2O/c1-6-18(14-25)13-15(3)12-16(4)17(5)22(21(24)7-2)19-8-10-20(23)11-9-19/h7-12,18,25H,4,6,13-14H2,1-3,5H3/b15-12-,21-7+,22-17-. The second-order valence-corrected chi connectivity index (χ2v) is 6.32. The average Bonchev–Trinajstić information content (AvgIpc) is 2.60. The molecule has 0 fully saturated rings. The maximum Gasteiger partial charge on any atom is 0.127 e. The second kappa shape index (κ2) is 10.1. The Morgan fingerprint density at radius 2 is 1.84 bits per heavy atom. The number of hydrogen-bond donors (Lipinski definition) is 1. The summed E-state index contributed by atoms with van der Waals surface area (Å²) in [5, 5.41) is 9.34. The fourth-order valence-corrected chi connectivity index (χ4v) is 2.71. The highest BCUT2D eigenvalue weighted by Crippen LogP contribution is 2.31. The summed E-state index contributed by atoms with van der Waals surface area (Å²) in [6.45, 7) is 11.7. The molecule has 1 unspecified atom stereocenters. The van der Waals surface area contributed by atoms with Crippen LogP contribution in [-0.4, -0.2) is 11.7 Å². The molecule has 1 nitrogen and oxygen atoms in total. The Balaban J connectivity index is 3.23. The Morgan fingerprint density at radius 3 is 2.32 bits per heavy atom. The maximum atomic E-state index is 14.5. The van der Waals surface area contributed by atoms with E-state index in [1.54, 1.807) is 19.1 Å². The Bertz CT molecular complexity index is 674. The third-order valence-corrected chi connectivity index (χ3v) is 4.35. The van der Waals surface area contributed by atoms with Gasteiger partial charge in [0.1, 0.15) is 11.6 Å². The van der Waals surface area contributed by atoms with Crippen molar-refractivity contribution in [3.63, 3.8) is 0 Å². The summed E-state index contributed by atoms with van der Waals surface area (Å²) in [5.74, 6) is -0.499. The molecule has 0 radical (unpaired) electrons. The summed E-state index contributed by atoms with van der Waals surface area (Å²) >= 11 is 0. The first-order valence-electron chi connectivity index (χ1n) is 8.60. The minimum Gasteiger partial charge on any atom is -0.396 e. The van der Waals surface area contributed by atoms with Gasteiger partial charge in [-0.25, -0.2) is 8.78 Å². The van der Waals surface area contributed by atoms with E-state index in [-0.39, 0.29) is 24.2 Å². The maximum absolute atomic E-state index is 14.5. The SMILES string of the molecule is C=C(/C=C(/C)CC(CC)CO)/C(C)=C(\C(F)=C/C)c1ccc(F)cc1. The van der Waals surface area contributed by atoms with E-state index in [1.165, 1.54) is 18.2 Å². The molecule has 1 N–H and O–H groups in total. The molecule has 1 atom stereocenters. The van der Waals surface area contributed by atoms with Gasteiger partial charge in [0.25, 0.3) is 0 Å². The summed E-state index contributed by atoms with van der Waals surface area (Å²) < 4.78 is 27.6. The van der Waals surface area contributed by atoms with E-state index in [9.17, 15) is 13.9 Å². The van der Waals surface area contributed by atoms with Gasteiger partial charge in [0, 0.05) is 12.2 Å². The Hall–Kier alpha value is -2.00. The van der Waals surface area contributed by atoms with Crippen molar-refractivity contribution in [2.24, 2.45) is 5.92 Å². The first kappa shape index (κ1) is 21.0.